The van der Waals surface area contributed by atoms with Crippen molar-refractivity contribution >= 4 is 82.7 Å². The van der Waals surface area contributed by atoms with Crippen LogP contribution in [0.2, 0.25) is 0 Å². The Hall–Kier alpha value is -5.47. The van der Waals surface area contributed by atoms with Crippen LogP contribution >= 0.6 is 19.8 Å². The molecule has 11 rings (SSSR count). The molecule has 52 heavy (non-hydrogen) atoms. The van der Waals surface area contributed by atoms with Crippen LogP contribution in [-0.2, 0) is 4.43 Å². The van der Waals surface area contributed by atoms with Crippen molar-refractivity contribution in [1.29, 1.82) is 0 Å². The third-order valence-corrected chi connectivity index (χ3v) is 17.3. The standard InChI is InChI=1S/C46H35BIN3O/c1-46(2)50(33-18-7-4-8-19-33)39-25-15-21-35-45(39)51(46)41-29-31(30-48-36-22-10-13-26-42(36)52-43-27-14-11-23-37(43)48)28-40-44(41)47(35)34-20-9-12-24-38(34)49(40)32-16-5-3-6-17-32/h3-29H,30H2,1-2H3. The number of alkyl halides is 1. The van der Waals surface area contributed by atoms with Crippen LogP contribution in [0.25, 0.3) is 0 Å². The van der Waals surface area contributed by atoms with Crippen LogP contribution < -0.4 is 35.8 Å². The van der Waals surface area contributed by atoms with Crippen molar-refractivity contribution < 1.29 is 4.74 Å². The van der Waals surface area contributed by atoms with Gasteiger partial charge in [-0.1, -0.05) is 0 Å². The molecule has 4 heterocycles. The number of hydrogen-bond donors (Lipinski definition) is 0. The number of halogens is 1. The second kappa shape index (κ2) is 11.3. The zero-order valence-corrected chi connectivity index (χ0v) is 31.2. The fourth-order valence-electron chi connectivity index (χ4n) is 9.10. The molecule has 0 amide bonds. The summed E-state index contributed by atoms with van der Waals surface area (Å²) < 4.78 is 10.3. The van der Waals surface area contributed by atoms with Crippen LogP contribution in [0.3, 0.4) is 0 Å². The number of nitrogens with zero attached hydrogens (tertiary/aromatic N) is 3. The zero-order valence-electron chi connectivity index (χ0n) is 29.0. The minimum absolute atomic E-state index is 0.108. The van der Waals surface area contributed by atoms with Crippen LogP contribution in [0.4, 0.5) is 39.8 Å². The molecular formula is C46H35BIN3O. The van der Waals surface area contributed by atoms with Crippen LogP contribution in [-0.4, -0.2) is 12.4 Å². The summed E-state index contributed by atoms with van der Waals surface area (Å²) in [6.45, 7) is 4.88. The maximum absolute atomic E-state index is 6.50. The third-order valence-electron chi connectivity index (χ3n) is 11.1. The molecule has 0 aromatic heterocycles. The number of benzene rings is 7. The molecule has 0 radical (unpaired) electrons. The van der Waals surface area contributed by atoms with Gasteiger partial charge < -0.3 is 0 Å². The van der Waals surface area contributed by atoms with Crippen LogP contribution in [0.15, 0.2) is 164 Å². The van der Waals surface area contributed by atoms with Crippen molar-refractivity contribution in [3.8, 4) is 11.5 Å². The van der Waals surface area contributed by atoms with Gasteiger partial charge in [0.25, 0.3) is 0 Å². The van der Waals surface area contributed by atoms with Gasteiger partial charge in [0.05, 0.1) is 0 Å². The Morgan fingerprint density at radius 1 is 0.538 bits per heavy atom. The van der Waals surface area contributed by atoms with Crippen molar-refractivity contribution in [3.05, 3.63) is 176 Å². The first kappa shape index (κ1) is 30.2. The monoisotopic (exact) mass is 783 g/mol. The molecule has 0 bridgehead atoms. The van der Waals surface area contributed by atoms with E-state index in [1.54, 1.807) is 0 Å². The van der Waals surface area contributed by atoms with Gasteiger partial charge in [0.15, 0.2) is 0 Å². The Morgan fingerprint density at radius 3 is 1.85 bits per heavy atom. The maximum atomic E-state index is 6.50. The molecule has 7 aromatic carbocycles. The van der Waals surface area contributed by atoms with E-state index in [0.717, 1.165) is 15.9 Å². The molecule has 4 aliphatic heterocycles. The molecule has 0 saturated heterocycles. The Labute approximate surface area is 312 Å². The van der Waals surface area contributed by atoms with E-state index in [1.807, 2.05) is 0 Å². The summed E-state index contributed by atoms with van der Waals surface area (Å²) in [6, 6.07) is 60.4. The van der Waals surface area contributed by atoms with E-state index >= 15 is 0 Å². The van der Waals surface area contributed by atoms with E-state index in [0.29, 0.717) is 0 Å². The molecule has 0 fully saturated rings. The third kappa shape index (κ3) is 4.21. The van der Waals surface area contributed by atoms with E-state index in [2.05, 4.69) is 192 Å². The second-order valence-corrected chi connectivity index (χ2v) is 19.5. The number of ether oxygens (including phenoxy) is 1. The van der Waals surface area contributed by atoms with Crippen molar-refractivity contribution in [2.24, 2.45) is 0 Å². The molecule has 250 valence electrons. The molecule has 6 heteroatoms. The normalized spacial score (nSPS) is 16.0. The Balaban J connectivity index is 1.19. The number of para-hydroxylation sites is 6. The van der Waals surface area contributed by atoms with Gasteiger partial charge in [-0.2, -0.15) is 0 Å². The SMILES string of the molecule is CC1(C)N(c2ccccc2)c2cccc3c2N1c1cc(CI2c4ccccc4Oc4ccccc42)cc2c1B3c1ccccc1N2c1ccccc1. The van der Waals surface area contributed by atoms with Gasteiger partial charge in [-0.25, -0.2) is 0 Å². The van der Waals surface area contributed by atoms with Gasteiger partial charge in [0, 0.05) is 0 Å². The molecule has 0 N–H and O–H groups in total. The molecule has 7 aromatic rings. The molecule has 0 aliphatic carbocycles. The summed E-state index contributed by atoms with van der Waals surface area (Å²) in [5, 5.41) is 0. The first-order valence-corrected chi connectivity index (χ1v) is 21.7. The minimum atomic E-state index is -1.97. The fraction of sp³-hybridized carbons (Fsp3) is 0.0870. The van der Waals surface area contributed by atoms with Crippen LogP contribution in [0.1, 0.15) is 19.4 Å². The molecular weight excluding hydrogens is 748 g/mol. The van der Waals surface area contributed by atoms with Gasteiger partial charge in [0.1, 0.15) is 0 Å². The summed E-state index contributed by atoms with van der Waals surface area (Å²) in [4.78, 5) is 7.73. The van der Waals surface area contributed by atoms with Crippen molar-refractivity contribution in [2.75, 3.05) is 14.7 Å². The number of hydrogen-bond acceptors (Lipinski definition) is 4. The van der Waals surface area contributed by atoms with Crippen LogP contribution in [0.5, 0.6) is 11.5 Å². The van der Waals surface area contributed by atoms with Crippen molar-refractivity contribution in [1.82, 2.24) is 0 Å². The molecule has 0 saturated carbocycles. The molecule has 4 aliphatic rings. The van der Waals surface area contributed by atoms with E-state index in [1.165, 1.54) is 68.9 Å². The number of anilines is 7. The fourth-order valence-corrected chi connectivity index (χ4v) is 15.0. The molecule has 0 atom stereocenters. The Kier molecular flexibility index (Phi) is 6.54. The first-order chi connectivity index (χ1) is 25.6. The van der Waals surface area contributed by atoms with E-state index in [4.69, 9.17) is 4.74 Å². The van der Waals surface area contributed by atoms with Gasteiger partial charge >= 0.3 is 314 Å². The van der Waals surface area contributed by atoms with E-state index < -0.39 is 19.8 Å². The van der Waals surface area contributed by atoms with E-state index in [9.17, 15) is 0 Å². The quantitative estimate of drug-likeness (QED) is 0.101. The average Bonchev–Trinajstić information content (AvgIpc) is 3.43. The summed E-state index contributed by atoms with van der Waals surface area (Å²) in [5.41, 5.74) is 13.9. The molecule has 4 nitrogen and oxygen atoms in total. The Bertz CT molecular complexity index is 2510. The van der Waals surface area contributed by atoms with Gasteiger partial charge in [-0.15, -0.1) is 0 Å². The summed E-state index contributed by atoms with van der Waals surface area (Å²) in [5.74, 6) is 2.03. The van der Waals surface area contributed by atoms with Gasteiger partial charge in [-0.05, 0) is 0 Å². The summed E-state index contributed by atoms with van der Waals surface area (Å²) in [7, 11) is 0. The molecule has 0 spiro atoms. The predicted octanol–water partition coefficient (Wildman–Crippen LogP) is 10.2. The number of fused-ring (bicyclic) bond motifs is 6. The average molecular weight is 784 g/mol. The van der Waals surface area contributed by atoms with Gasteiger partial charge in [0.2, 0.25) is 0 Å². The van der Waals surface area contributed by atoms with Crippen molar-refractivity contribution in [3.63, 3.8) is 0 Å². The van der Waals surface area contributed by atoms with Crippen LogP contribution in [0, 0.1) is 7.14 Å². The summed E-state index contributed by atoms with van der Waals surface area (Å²) >= 11 is -1.97. The predicted molar refractivity (Wildman–Crippen MR) is 225 cm³/mol. The van der Waals surface area contributed by atoms with Crippen molar-refractivity contribution in [2.45, 2.75) is 23.9 Å². The second-order valence-electron chi connectivity index (χ2n) is 14.4. The number of rotatable bonds is 4. The van der Waals surface area contributed by atoms with E-state index in [-0.39, 0.29) is 12.4 Å². The summed E-state index contributed by atoms with van der Waals surface area (Å²) in [6.07, 6.45) is 0. The topological polar surface area (TPSA) is 19.0 Å². The first-order valence-electron chi connectivity index (χ1n) is 18.0. The molecule has 0 unspecified atom stereocenters. The van der Waals surface area contributed by atoms with Gasteiger partial charge in [-0.3, -0.25) is 0 Å². The Morgan fingerprint density at radius 2 is 1.12 bits per heavy atom. The zero-order chi connectivity index (χ0) is 34.6.